The van der Waals surface area contributed by atoms with Crippen LogP contribution in [0.2, 0.25) is 5.02 Å². The van der Waals surface area contributed by atoms with Crippen molar-refractivity contribution in [3.05, 3.63) is 59.1 Å². The third-order valence-corrected chi connectivity index (χ3v) is 9.35. The van der Waals surface area contributed by atoms with E-state index in [-0.39, 0.29) is 27.7 Å². The Labute approximate surface area is 251 Å². The van der Waals surface area contributed by atoms with Gasteiger partial charge in [-0.05, 0) is 49.7 Å². The lowest BCUT2D eigenvalue weighted by Crippen LogP contribution is -2.48. The van der Waals surface area contributed by atoms with E-state index in [1.165, 1.54) is 37.6 Å². The highest BCUT2D eigenvalue weighted by Gasteiger charge is 2.25. The van der Waals surface area contributed by atoms with Crippen molar-refractivity contribution in [1.82, 2.24) is 19.8 Å². The van der Waals surface area contributed by atoms with Crippen molar-refractivity contribution in [2.75, 3.05) is 69.2 Å². The summed E-state index contributed by atoms with van der Waals surface area (Å²) in [4.78, 5) is 15.1. The van der Waals surface area contributed by atoms with E-state index in [2.05, 4.69) is 38.3 Å². The van der Waals surface area contributed by atoms with Gasteiger partial charge in [0.1, 0.15) is 5.82 Å². The van der Waals surface area contributed by atoms with Gasteiger partial charge in [-0.15, -0.1) is 0 Å². The number of hydrogen-bond acceptors (Lipinski definition) is 9. The number of anilines is 2. The van der Waals surface area contributed by atoms with Crippen LogP contribution in [0.3, 0.4) is 0 Å². The third-order valence-electron chi connectivity index (χ3n) is 7.62. The molecule has 3 aromatic rings. The zero-order chi connectivity index (χ0) is 29.9. The Kier molecular flexibility index (Phi) is 9.48. The minimum absolute atomic E-state index is 0.0344. The molecule has 0 atom stereocenters. The summed E-state index contributed by atoms with van der Waals surface area (Å²) < 4.78 is 55.6. The molecule has 0 unspecified atom stereocenters. The van der Waals surface area contributed by atoms with Crippen LogP contribution < -0.4 is 14.4 Å². The molecule has 0 saturated carbocycles. The minimum atomic E-state index is -4.12. The summed E-state index contributed by atoms with van der Waals surface area (Å²) in [5, 5.41) is 0.432. The fourth-order valence-corrected chi connectivity index (χ4v) is 6.61. The smallest absolute Gasteiger partial charge is 0.267 e. The number of sulfonamides is 1. The van der Waals surface area contributed by atoms with Gasteiger partial charge in [-0.2, -0.15) is 0 Å². The van der Waals surface area contributed by atoms with E-state index in [1.54, 1.807) is 12.3 Å². The lowest BCUT2D eigenvalue weighted by Gasteiger charge is -2.37. The van der Waals surface area contributed by atoms with Gasteiger partial charge in [-0.3, -0.25) is 19.5 Å². The van der Waals surface area contributed by atoms with E-state index in [0.29, 0.717) is 55.2 Å². The van der Waals surface area contributed by atoms with Gasteiger partial charge in [0.15, 0.2) is 4.90 Å². The standard InChI is InChI=1S/C29H36ClFN6O4S/c1-20(2)36-8-6-35(7-9-36)19-21-14-26(31)24(17-25(21)30)27-15-22(4-5-32-27)34-42(38,39)28-16-23(18-33-29(28)40-3)37-10-12-41-13-11-37/h4-5,14-18,20H,6-13,19H2,1-3H3,(H,32,34). The van der Waals surface area contributed by atoms with E-state index in [0.717, 1.165) is 26.2 Å². The number of piperazine rings is 1. The average molecular weight is 619 g/mol. The van der Waals surface area contributed by atoms with Crippen LogP contribution in [0.25, 0.3) is 11.3 Å². The topological polar surface area (TPSA) is 100 Å². The molecule has 5 rings (SSSR count). The molecule has 42 heavy (non-hydrogen) atoms. The van der Waals surface area contributed by atoms with Crippen molar-refractivity contribution < 1.29 is 22.3 Å². The van der Waals surface area contributed by atoms with Crippen LogP contribution in [0.4, 0.5) is 15.8 Å². The number of aromatic nitrogens is 2. The number of methoxy groups -OCH3 is 1. The largest absolute Gasteiger partial charge is 0.480 e. The predicted octanol–water partition coefficient (Wildman–Crippen LogP) is 4.11. The van der Waals surface area contributed by atoms with E-state index in [1.807, 2.05) is 4.90 Å². The van der Waals surface area contributed by atoms with Gasteiger partial charge in [0.25, 0.3) is 10.0 Å². The second kappa shape index (κ2) is 13.1. The molecule has 2 aliphatic rings. The first-order valence-electron chi connectivity index (χ1n) is 13.9. The van der Waals surface area contributed by atoms with E-state index in [4.69, 9.17) is 21.1 Å². The van der Waals surface area contributed by atoms with Gasteiger partial charge in [0.05, 0.1) is 43.6 Å². The summed E-state index contributed by atoms with van der Waals surface area (Å²) in [6.07, 6.45) is 3.00. The lowest BCUT2D eigenvalue weighted by atomic mass is 10.1. The summed E-state index contributed by atoms with van der Waals surface area (Å²) in [6.45, 7) is 10.9. The van der Waals surface area contributed by atoms with Gasteiger partial charge < -0.3 is 14.4 Å². The Bertz CT molecular complexity index is 1510. The molecule has 2 fully saturated rings. The Hall–Kier alpha value is -3.03. The van der Waals surface area contributed by atoms with Gasteiger partial charge >= 0.3 is 0 Å². The summed E-state index contributed by atoms with van der Waals surface area (Å²) in [5.41, 5.74) is 1.99. The highest BCUT2D eigenvalue weighted by molar-refractivity contribution is 7.92. The second-order valence-corrected chi connectivity index (χ2v) is 12.7. The number of nitrogens with zero attached hydrogens (tertiary/aromatic N) is 5. The van der Waals surface area contributed by atoms with Crippen LogP contribution in [0.15, 0.2) is 47.6 Å². The predicted molar refractivity (Wildman–Crippen MR) is 161 cm³/mol. The number of nitrogens with one attached hydrogen (secondary N) is 1. The van der Waals surface area contributed by atoms with Crippen LogP contribution in [0, 0.1) is 5.82 Å². The SMILES string of the molecule is COc1ncc(N2CCOCC2)cc1S(=O)(=O)Nc1ccnc(-c2cc(Cl)c(CN3CCN(C(C)C)CC3)cc2F)c1. The van der Waals surface area contributed by atoms with Gasteiger partial charge in [0, 0.05) is 68.6 Å². The number of ether oxygens (including phenoxy) is 2. The number of halogens is 2. The van der Waals surface area contributed by atoms with Crippen LogP contribution in [-0.4, -0.2) is 93.8 Å². The normalized spacial score (nSPS) is 17.0. The number of pyridine rings is 2. The molecule has 0 amide bonds. The molecule has 10 nitrogen and oxygen atoms in total. The quantitative estimate of drug-likeness (QED) is 0.380. The first-order valence-corrected chi connectivity index (χ1v) is 15.8. The first-order chi connectivity index (χ1) is 20.1. The fourth-order valence-electron chi connectivity index (χ4n) is 5.20. The van der Waals surface area contributed by atoms with Crippen molar-refractivity contribution >= 4 is 33.0 Å². The Morgan fingerprint density at radius 3 is 2.50 bits per heavy atom. The van der Waals surface area contributed by atoms with Gasteiger partial charge in [-0.1, -0.05) is 11.6 Å². The summed E-state index contributed by atoms with van der Waals surface area (Å²) in [5.74, 6) is -0.514. The molecule has 0 spiro atoms. The molecule has 1 aromatic carbocycles. The van der Waals surface area contributed by atoms with Crippen LogP contribution >= 0.6 is 11.6 Å². The summed E-state index contributed by atoms with van der Waals surface area (Å²) in [6, 6.07) is 8.00. The zero-order valence-electron chi connectivity index (χ0n) is 24.0. The number of morpholine rings is 1. The van der Waals surface area contributed by atoms with Crippen molar-refractivity contribution in [2.24, 2.45) is 0 Å². The Balaban J connectivity index is 1.34. The summed E-state index contributed by atoms with van der Waals surface area (Å²) >= 11 is 6.61. The van der Waals surface area contributed by atoms with Crippen LogP contribution in [0.5, 0.6) is 5.88 Å². The van der Waals surface area contributed by atoms with Gasteiger partial charge in [0.2, 0.25) is 5.88 Å². The molecule has 2 aliphatic heterocycles. The second-order valence-electron chi connectivity index (χ2n) is 10.7. The van der Waals surface area contributed by atoms with E-state index >= 15 is 4.39 Å². The maximum atomic E-state index is 15.4. The van der Waals surface area contributed by atoms with Gasteiger partial charge in [-0.25, -0.2) is 17.8 Å². The fraction of sp³-hybridized carbons (Fsp3) is 0.448. The highest BCUT2D eigenvalue weighted by Crippen LogP contribution is 2.32. The number of rotatable bonds is 9. The lowest BCUT2D eigenvalue weighted by molar-refractivity contribution is 0.104. The molecule has 0 aliphatic carbocycles. The van der Waals surface area contributed by atoms with Crippen molar-refractivity contribution in [3.63, 3.8) is 0 Å². The third kappa shape index (κ3) is 6.95. The first kappa shape index (κ1) is 30.4. The maximum absolute atomic E-state index is 15.4. The molecular formula is C29H36ClFN6O4S. The average Bonchev–Trinajstić information content (AvgIpc) is 2.99. The molecule has 13 heteroatoms. The minimum Gasteiger partial charge on any atom is -0.480 e. The molecular weight excluding hydrogens is 583 g/mol. The van der Waals surface area contributed by atoms with E-state index in [9.17, 15) is 8.42 Å². The van der Waals surface area contributed by atoms with Crippen molar-refractivity contribution in [2.45, 2.75) is 31.3 Å². The monoisotopic (exact) mass is 618 g/mol. The highest BCUT2D eigenvalue weighted by atomic mass is 35.5. The van der Waals surface area contributed by atoms with Crippen molar-refractivity contribution in [3.8, 4) is 17.1 Å². The molecule has 2 aromatic heterocycles. The zero-order valence-corrected chi connectivity index (χ0v) is 25.6. The molecule has 4 heterocycles. The van der Waals surface area contributed by atoms with Crippen molar-refractivity contribution in [1.29, 1.82) is 0 Å². The molecule has 226 valence electrons. The van der Waals surface area contributed by atoms with Crippen LogP contribution in [0.1, 0.15) is 19.4 Å². The molecule has 1 N–H and O–H groups in total. The van der Waals surface area contributed by atoms with E-state index < -0.39 is 15.8 Å². The summed E-state index contributed by atoms with van der Waals surface area (Å²) in [7, 11) is -2.76. The molecule has 0 radical (unpaired) electrons. The van der Waals surface area contributed by atoms with Crippen LogP contribution in [-0.2, 0) is 21.3 Å². The Morgan fingerprint density at radius 1 is 1.07 bits per heavy atom. The molecule has 2 saturated heterocycles. The Morgan fingerprint density at radius 2 is 1.81 bits per heavy atom. The number of benzene rings is 1. The number of hydrogen-bond donors (Lipinski definition) is 1. The maximum Gasteiger partial charge on any atom is 0.267 e. The molecule has 0 bridgehead atoms.